The molecule has 0 aliphatic heterocycles. The Labute approximate surface area is 94.0 Å². The first-order chi connectivity index (χ1) is 6.62. The van der Waals surface area contributed by atoms with Crippen LogP contribution < -0.4 is 0 Å². The molecule has 0 aliphatic carbocycles. The molecule has 0 aromatic heterocycles. The number of hydrogen-bond donors (Lipinski definition) is 1. The summed E-state index contributed by atoms with van der Waals surface area (Å²) in [5.74, 6) is 0. The van der Waals surface area contributed by atoms with E-state index < -0.39 is 17.3 Å². The van der Waals surface area contributed by atoms with Crippen LogP contribution in [0.1, 0.15) is 25.0 Å². The van der Waals surface area contributed by atoms with E-state index in [9.17, 15) is 18.3 Å². The number of aliphatic hydroxyl groups is 1. The third-order valence-electron chi connectivity index (χ3n) is 1.95. The topological polar surface area (TPSA) is 20.2 Å². The molecular formula is C10H10BrF3O. The lowest BCUT2D eigenvalue weighted by Gasteiger charge is -2.23. The van der Waals surface area contributed by atoms with Gasteiger partial charge >= 0.3 is 6.18 Å². The van der Waals surface area contributed by atoms with Crippen LogP contribution in [0.3, 0.4) is 0 Å². The zero-order valence-corrected chi connectivity index (χ0v) is 9.78. The summed E-state index contributed by atoms with van der Waals surface area (Å²) in [6.07, 6.45) is -4.46. The van der Waals surface area contributed by atoms with Crippen LogP contribution in [0.4, 0.5) is 13.2 Å². The minimum absolute atomic E-state index is 0.127. The van der Waals surface area contributed by atoms with Gasteiger partial charge in [0.15, 0.2) is 0 Å². The van der Waals surface area contributed by atoms with Gasteiger partial charge in [-0.15, -0.1) is 0 Å². The van der Waals surface area contributed by atoms with Gasteiger partial charge in [0.1, 0.15) is 0 Å². The Bertz CT molecular complexity index is 366. The molecule has 1 nitrogen and oxygen atoms in total. The lowest BCUT2D eigenvalue weighted by Crippen LogP contribution is -2.22. The van der Waals surface area contributed by atoms with Crippen LogP contribution in [0.2, 0.25) is 0 Å². The first-order valence-electron chi connectivity index (χ1n) is 4.22. The van der Waals surface area contributed by atoms with Crippen LogP contribution in [0.15, 0.2) is 22.7 Å². The fourth-order valence-electron chi connectivity index (χ4n) is 1.28. The molecule has 0 saturated heterocycles. The molecule has 0 unspecified atom stereocenters. The summed E-state index contributed by atoms with van der Waals surface area (Å²) >= 11 is 2.97. The Balaban J connectivity index is 3.41. The minimum Gasteiger partial charge on any atom is -0.386 e. The highest BCUT2D eigenvalue weighted by Gasteiger charge is 2.37. The Kier molecular flexibility index (Phi) is 3.16. The number of rotatable bonds is 1. The summed E-state index contributed by atoms with van der Waals surface area (Å²) in [6, 6.07) is 3.71. The highest BCUT2D eigenvalue weighted by atomic mass is 79.9. The fraction of sp³-hybridized carbons (Fsp3) is 0.400. The van der Waals surface area contributed by atoms with E-state index in [4.69, 9.17) is 0 Å². The molecule has 15 heavy (non-hydrogen) atoms. The van der Waals surface area contributed by atoms with E-state index in [0.29, 0.717) is 4.47 Å². The summed E-state index contributed by atoms with van der Waals surface area (Å²) in [6.45, 7) is 2.65. The highest BCUT2D eigenvalue weighted by Crippen LogP contribution is 2.37. The van der Waals surface area contributed by atoms with Gasteiger partial charge in [0.2, 0.25) is 0 Å². The number of halogens is 4. The molecule has 0 spiro atoms. The molecule has 84 valence electrons. The molecule has 0 bridgehead atoms. The fourth-order valence-corrected chi connectivity index (χ4v) is 1.65. The van der Waals surface area contributed by atoms with Crippen LogP contribution in [-0.4, -0.2) is 5.11 Å². The van der Waals surface area contributed by atoms with E-state index in [2.05, 4.69) is 15.9 Å². The monoisotopic (exact) mass is 282 g/mol. The second kappa shape index (κ2) is 3.79. The molecule has 0 saturated carbocycles. The van der Waals surface area contributed by atoms with Crippen molar-refractivity contribution < 1.29 is 18.3 Å². The lowest BCUT2D eigenvalue weighted by atomic mass is 9.93. The summed E-state index contributed by atoms with van der Waals surface area (Å²) in [5, 5.41) is 9.61. The van der Waals surface area contributed by atoms with Crippen molar-refractivity contribution in [1.82, 2.24) is 0 Å². The van der Waals surface area contributed by atoms with Gasteiger partial charge in [0.05, 0.1) is 11.2 Å². The molecule has 0 fully saturated rings. The summed E-state index contributed by atoms with van der Waals surface area (Å²) in [5.41, 5.74) is -2.45. The van der Waals surface area contributed by atoms with E-state index >= 15 is 0 Å². The third kappa shape index (κ3) is 2.95. The zero-order valence-electron chi connectivity index (χ0n) is 8.19. The van der Waals surface area contributed by atoms with Crippen LogP contribution in [0.25, 0.3) is 0 Å². The molecule has 5 heteroatoms. The molecule has 1 rings (SSSR count). The maximum atomic E-state index is 12.6. The van der Waals surface area contributed by atoms with Gasteiger partial charge in [-0.2, -0.15) is 13.2 Å². The smallest absolute Gasteiger partial charge is 0.386 e. The molecule has 1 N–H and O–H groups in total. The Morgan fingerprint density at radius 3 is 2.07 bits per heavy atom. The van der Waals surface area contributed by atoms with Crippen LogP contribution in [0.5, 0.6) is 0 Å². The second-order valence-electron chi connectivity index (χ2n) is 3.75. The van der Waals surface area contributed by atoms with Crippen molar-refractivity contribution in [1.29, 1.82) is 0 Å². The quantitative estimate of drug-likeness (QED) is 0.833. The maximum Gasteiger partial charge on any atom is 0.416 e. The molecule has 1 aromatic rings. The largest absolute Gasteiger partial charge is 0.416 e. The van der Waals surface area contributed by atoms with E-state index in [1.807, 2.05) is 0 Å². The van der Waals surface area contributed by atoms with Crippen molar-refractivity contribution in [2.45, 2.75) is 25.6 Å². The van der Waals surface area contributed by atoms with E-state index in [-0.39, 0.29) is 5.56 Å². The minimum atomic E-state index is -4.46. The first-order valence-corrected chi connectivity index (χ1v) is 5.01. The Morgan fingerprint density at radius 2 is 1.67 bits per heavy atom. The van der Waals surface area contributed by atoms with Crippen LogP contribution in [0, 0.1) is 0 Å². The van der Waals surface area contributed by atoms with Gasteiger partial charge in [-0.05, 0) is 31.5 Å². The predicted molar refractivity (Wildman–Crippen MR) is 54.4 cm³/mol. The average molecular weight is 283 g/mol. The standard InChI is InChI=1S/C10H10BrF3O/c1-9(2,15)7-4-3-6(11)5-8(7)10(12,13)14/h3-5,15H,1-2H3. The molecular weight excluding hydrogens is 273 g/mol. The number of benzene rings is 1. The summed E-state index contributed by atoms with van der Waals surface area (Å²) in [7, 11) is 0. The van der Waals surface area contributed by atoms with Gasteiger partial charge in [0.25, 0.3) is 0 Å². The van der Waals surface area contributed by atoms with Crippen LogP contribution in [-0.2, 0) is 11.8 Å². The second-order valence-corrected chi connectivity index (χ2v) is 4.66. The lowest BCUT2D eigenvalue weighted by molar-refractivity contribution is -0.140. The van der Waals surface area contributed by atoms with Crippen molar-refractivity contribution in [2.75, 3.05) is 0 Å². The van der Waals surface area contributed by atoms with Crippen molar-refractivity contribution in [3.05, 3.63) is 33.8 Å². The first kappa shape index (κ1) is 12.5. The van der Waals surface area contributed by atoms with Gasteiger partial charge < -0.3 is 5.11 Å². The van der Waals surface area contributed by atoms with E-state index in [1.165, 1.54) is 26.0 Å². The van der Waals surface area contributed by atoms with Gasteiger partial charge in [0, 0.05) is 4.47 Å². The van der Waals surface area contributed by atoms with Crippen molar-refractivity contribution in [3.63, 3.8) is 0 Å². The molecule has 0 radical (unpaired) electrons. The van der Waals surface area contributed by atoms with Crippen molar-refractivity contribution in [3.8, 4) is 0 Å². The molecule has 1 aromatic carbocycles. The SMILES string of the molecule is CC(C)(O)c1ccc(Br)cc1C(F)(F)F. The molecule has 0 heterocycles. The van der Waals surface area contributed by atoms with Crippen molar-refractivity contribution >= 4 is 15.9 Å². The van der Waals surface area contributed by atoms with Crippen molar-refractivity contribution in [2.24, 2.45) is 0 Å². The van der Waals surface area contributed by atoms with Gasteiger partial charge in [-0.25, -0.2) is 0 Å². The molecule has 0 atom stereocenters. The van der Waals surface area contributed by atoms with E-state index in [1.54, 1.807) is 0 Å². The number of hydrogen-bond acceptors (Lipinski definition) is 1. The third-order valence-corrected chi connectivity index (χ3v) is 2.44. The number of alkyl halides is 3. The Hall–Kier alpha value is -0.550. The zero-order chi connectivity index (χ0) is 11.9. The molecule has 0 aliphatic rings. The van der Waals surface area contributed by atoms with Crippen LogP contribution >= 0.6 is 15.9 Å². The van der Waals surface area contributed by atoms with E-state index in [0.717, 1.165) is 6.07 Å². The average Bonchev–Trinajstić information content (AvgIpc) is 2.00. The van der Waals surface area contributed by atoms with Gasteiger partial charge in [-0.3, -0.25) is 0 Å². The summed E-state index contributed by atoms with van der Waals surface area (Å²) in [4.78, 5) is 0. The normalized spacial score (nSPS) is 13.0. The highest BCUT2D eigenvalue weighted by molar-refractivity contribution is 9.10. The predicted octanol–water partition coefficient (Wildman–Crippen LogP) is 3.70. The molecule has 0 amide bonds. The summed E-state index contributed by atoms with van der Waals surface area (Å²) < 4.78 is 38.2. The maximum absolute atomic E-state index is 12.6. The Morgan fingerprint density at radius 1 is 1.13 bits per heavy atom. The van der Waals surface area contributed by atoms with Gasteiger partial charge in [-0.1, -0.05) is 22.0 Å².